The van der Waals surface area contributed by atoms with Gasteiger partial charge in [0.25, 0.3) is 11.8 Å². The van der Waals surface area contributed by atoms with Crippen molar-refractivity contribution in [3.8, 4) is 0 Å². The van der Waals surface area contributed by atoms with Crippen LogP contribution in [0, 0.1) is 30.5 Å². The highest BCUT2D eigenvalue weighted by atomic mass is 19.1. The lowest BCUT2D eigenvalue weighted by molar-refractivity contribution is -0.152. The molecule has 4 unspecified atom stereocenters. The van der Waals surface area contributed by atoms with Gasteiger partial charge in [-0.15, -0.1) is 0 Å². The number of likely N-dealkylation sites (tertiary alicyclic amines) is 2. The van der Waals surface area contributed by atoms with Gasteiger partial charge in [-0.3, -0.25) is 39.6 Å². The molecule has 3 aromatic carbocycles. The highest BCUT2D eigenvalue weighted by molar-refractivity contribution is 6.00. The molecule has 4 bridgehead atoms. The average Bonchev–Trinajstić information content (AvgIpc) is 3.82. The van der Waals surface area contributed by atoms with Crippen LogP contribution in [0.2, 0.25) is 0 Å². The Labute approximate surface area is 347 Å². The van der Waals surface area contributed by atoms with E-state index in [1.165, 1.54) is 6.07 Å². The lowest BCUT2D eigenvalue weighted by Crippen LogP contribution is -2.73. The Morgan fingerprint density at radius 2 is 1.15 bits per heavy atom. The SMILES string of the molecule is Cc1c(F)ccc(N(C2CCCN2[C@]2(C(=O)NC(=O)O)c3cccc(c3)CC2(C)CC(N)=O)C2CCCN2[C@]2(C(=O)NC(=O)O)c3cccc(c3)CC2(C)CC(N)=O)c1C. The molecule has 0 saturated carbocycles. The quantitative estimate of drug-likeness (QED) is 0.159. The summed E-state index contributed by atoms with van der Waals surface area (Å²) < 4.78 is 15.4. The molecular weight excluding hydrogens is 774 g/mol. The zero-order chi connectivity index (χ0) is 43.5. The molecule has 7 rings (SSSR count). The van der Waals surface area contributed by atoms with Crippen LogP contribution in [0.15, 0.2) is 60.7 Å². The van der Waals surface area contributed by atoms with E-state index in [0.29, 0.717) is 53.6 Å². The number of rotatable bonds is 11. The van der Waals surface area contributed by atoms with E-state index >= 15 is 14.0 Å². The van der Waals surface area contributed by atoms with Crippen LogP contribution in [0.5, 0.6) is 0 Å². The van der Waals surface area contributed by atoms with Crippen LogP contribution in [-0.4, -0.2) is 81.2 Å². The fourth-order valence-corrected chi connectivity index (χ4v) is 11.7. The Hall–Kier alpha value is -5.87. The first kappa shape index (κ1) is 42.3. The van der Waals surface area contributed by atoms with Gasteiger partial charge in [0.2, 0.25) is 11.8 Å². The second-order valence-electron chi connectivity index (χ2n) is 17.5. The fourth-order valence-electron chi connectivity index (χ4n) is 11.7. The Balaban J connectivity index is 1.52. The third-order valence-electron chi connectivity index (χ3n) is 13.8. The first-order valence-electron chi connectivity index (χ1n) is 20.2. The van der Waals surface area contributed by atoms with Gasteiger partial charge >= 0.3 is 12.2 Å². The van der Waals surface area contributed by atoms with E-state index in [1.54, 1.807) is 58.0 Å². The molecule has 0 aromatic heterocycles. The molecule has 0 spiro atoms. The molecule has 3 aromatic rings. The summed E-state index contributed by atoms with van der Waals surface area (Å²) in [5.41, 5.74) is 9.78. The zero-order valence-electron chi connectivity index (χ0n) is 34.2. The summed E-state index contributed by atoms with van der Waals surface area (Å²) in [6.45, 7) is 7.48. The number of primary amides is 2. The Bertz CT molecular complexity index is 2180. The van der Waals surface area contributed by atoms with Crippen LogP contribution in [0.1, 0.15) is 85.8 Å². The second kappa shape index (κ2) is 15.3. The topological polar surface area (TPSA) is 229 Å². The fraction of sp³-hybridized carbons (Fsp3) is 0.455. The van der Waals surface area contributed by atoms with Crippen LogP contribution in [0.25, 0.3) is 0 Å². The van der Waals surface area contributed by atoms with E-state index in [1.807, 2.05) is 34.1 Å². The average molecular weight is 826 g/mol. The highest BCUT2D eigenvalue weighted by Crippen LogP contribution is 2.58. The minimum absolute atomic E-state index is 0.199. The summed E-state index contributed by atoms with van der Waals surface area (Å²) in [6, 6.07) is 17.5. The molecule has 6 amide bonds. The molecule has 0 radical (unpaired) electrons. The highest BCUT2D eigenvalue weighted by Gasteiger charge is 2.66. The number of nitrogens with zero attached hydrogens (tertiary/aromatic N) is 3. The molecule has 2 fully saturated rings. The molecule has 60 heavy (non-hydrogen) atoms. The molecule has 4 aliphatic rings. The van der Waals surface area contributed by atoms with Crippen molar-refractivity contribution in [2.75, 3.05) is 18.0 Å². The van der Waals surface area contributed by atoms with Gasteiger partial charge in [0, 0.05) is 42.4 Å². The smallest absolute Gasteiger partial charge is 0.411 e. The largest absolute Gasteiger partial charge is 0.465 e. The van der Waals surface area contributed by atoms with Gasteiger partial charge in [-0.2, -0.15) is 0 Å². The number of fused-ring (bicyclic) bond motifs is 4. The summed E-state index contributed by atoms with van der Waals surface area (Å²) in [6.07, 6.45) is -3.06. The van der Waals surface area contributed by atoms with Gasteiger partial charge in [0.05, 0.1) is 12.3 Å². The molecule has 8 N–H and O–H groups in total. The van der Waals surface area contributed by atoms with Gasteiger partial charge in [-0.1, -0.05) is 62.4 Å². The van der Waals surface area contributed by atoms with Gasteiger partial charge in [-0.25, -0.2) is 14.0 Å². The number of hydrogen-bond donors (Lipinski definition) is 6. The number of benzene rings is 3. The predicted octanol–water partition coefficient (Wildman–Crippen LogP) is 4.35. The van der Waals surface area contributed by atoms with E-state index in [0.717, 1.165) is 11.1 Å². The number of halogens is 1. The van der Waals surface area contributed by atoms with Crippen molar-refractivity contribution in [2.24, 2.45) is 22.3 Å². The summed E-state index contributed by atoms with van der Waals surface area (Å²) in [5, 5.41) is 24.5. The number of carboxylic acid groups (broad SMARTS) is 2. The van der Waals surface area contributed by atoms with Gasteiger partial charge in [0.15, 0.2) is 0 Å². The van der Waals surface area contributed by atoms with Crippen molar-refractivity contribution in [3.05, 3.63) is 99.9 Å². The lowest BCUT2D eigenvalue weighted by Gasteiger charge is -2.60. The van der Waals surface area contributed by atoms with Gasteiger partial charge < -0.3 is 26.6 Å². The Morgan fingerprint density at radius 3 is 1.55 bits per heavy atom. The summed E-state index contributed by atoms with van der Waals surface area (Å²) in [4.78, 5) is 86.9. The first-order chi connectivity index (χ1) is 28.3. The maximum Gasteiger partial charge on any atom is 0.411 e. The predicted molar refractivity (Wildman–Crippen MR) is 218 cm³/mol. The maximum atomic E-state index is 15.4. The van der Waals surface area contributed by atoms with Gasteiger partial charge in [0.1, 0.15) is 16.9 Å². The standard InChI is InChI=1S/C44H52FN7O8/c1-25-26(2)32(16-15-31(25)45)52(35-13-7-17-50(35)43(37(55)48-39(57)58)29-11-5-9-27(19-29)21-41(43,3)23-33(46)53)36-14-8-18-51(36)44(38(56)49-40(59)60)30-12-6-10-28(20-30)22-42(44,4)24-34(47)54/h5-6,9-12,15-16,19-20,35-36H,7-8,13-14,17-18,21-24H2,1-4H3,(H2,46,53)(H2,47,54)(H,48,55)(H,49,56)(H,57,58)(H,59,60)/t35?,36?,41?,42?,43-,44-/m0/s1. The summed E-state index contributed by atoms with van der Waals surface area (Å²) in [5.74, 6) is -3.56. The number of hydrogen-bond acceptors (Lipinski definition) is 9. The van der Waals surface area contributed by atoms with Crippen molar-refractivity contribution >= 4 is 41.5 Å². The van der Waals surface area contributed by atoms with E-state index < -0.39 is 75.9 Å². The molecule has 2 aliphatic carbocycles. The molecular formula is C44H52FN7O8. The van der Waals surface area contributed by atoms with Crippen molar-refractivity contribution in [2.45, 2.75) is 102 Å². The summed E-state index contributed by atoms with van der Waals surface area (Å²) >= 11 is 0. The van der Waals surface area contributed by atoms with E-state index in [2.05, 4.69) is 15.5 Å². The van der Waals surface area contributed by atoms with Crippen LogP contribution in [-0.2, 0) is 43.1 Å². The monoisotopic (exact) mass is 825 g/mol. The maximum absolute atomic E-state index is 15.4. The van der Waals surface area contributed by atoms with Crippen molar-refractivity contribution in [1.29, 1.82) is 0 Å². The van der Waals surface area contributed by atoms with E-state index in [4.69, 9.17) is 11.5 Å². The van der Waals surface area contributed by atoms with E-state index in [-0.39, 0.29) is 38.8 Å². The van der Waals surface area contributed by atoms with Crippen LogP contribution in [0.4, 0.5) is 19.7 Å². The van der Waals surface area contributed by atoms with Crippen molar-refractivity contribution < 1.29 is 43.4 Å². The molecule has 318 valence electrons. The van der Waals surface area contributed by atoms with Crippen molar-refractivity contribution in [1.82, 2.24) is 20.4 Å². The Kier molecular flexibility index (Phi) is 10.8. The molecule has 2 heterocycles. The number of amides is 6. The number of nitrogens with one attached hydrogen (secondary N) is 2. The molecule has 6 atom stereocenters. The third kappa shape index (κ3) is 6.47. The number of carbonyl (C=O) groups is 6. The summed E-state index contributed by atoms with van der Waals surface area (Å²) in [7, 11) is 0. The number of nitrogens with two attached hydrogens (primary N) is 2. The zero-order valence-corrected chi connectivity index (χ0v) is 34.2. The minimum atomic E-state index is -1.81. The lowest BCUT2D eigenvalue weighted by atomic mass is 9.57. The van der Waals surface area contributed by atoms with E-state index in [9.17, 15) is 29.4 Å². The van der Waals surface area contributed by atoms with Crippen LogP contribution in [0.3, 0.4) is 0 Å². The van der Waals surface area contributed by atoms with Crippen molar-refractivity contribution in [3.63, 3.8) is 0 Å². The minimum Gasteiger partial charge on any atom is -0.465 e. The molecule has 15 nitrogen and oxygen atoms in total. The van der Waals surface area contributed by atoms with Gasteiger partial charge in [-0.05, 0) is 97.9 Å². The molecule has 16 heteroatoms. The normalized spacial score (nSPS) is 28.5. The van der Waals surface area contributed by atoms with Crippen LogP contribution >= 0.6 is 0 Å². The van der Waals surface area contributed by atoms with Crippen LogP contribution < -0.4 is 27.0 Å². The molecule has 2 aliphatic heterocycles. The second-order valence-corrected chi connectivity index (χ2v) is 17.5. The molecule has 2 saturated heterocycles. The Morgan fingerprint density at radius 1 is 0.717 bits per heavy atom. The number of imide groups is 2. The third-order valence-corrected chi connectivity index (χ3v) is 13.8. The number of anilines is 1. The first-order valence-corrected chi connectivity index (χ1v) is 20.2. The number of carbonyl (C=O) groups excluding carboxylic acids is 4.